The second-order valence-corrected chi connectivity index (χ2v) is 13.4. The summed E-state index contributed by atoms with van der Waals surface area (Å²) in [6.45, 7) is 7.41. The van der Waals surface area contributed by atoms with E-state index in [1.165, 1.54) is 6.92 Å². The SMILES string of the molecule is COC[C@@H]1CCCN1C[C@H]1O[C@@H](c2ccc(-c3ccccc3CNC(=O)CCCCCNC(C)=O)cc2)O[C@@H](c2ccc(CO)cc2)[C@H]1C. The Morgan fingerprint density at radius 3 is 2.43 bits per heavy atom. The van der Waals surface area contributed by atoms with Crippen molar-refractivity contribution >= 4 is 11.8 Å². The fourth-order valence-corrected chi connectivity index (χ4v) is 6.99. The number of nitrogens with zero attached hydrogens (tertiary/aromatic N) is 1. The molecule has 264 valence electrons. The van der Waals surface area contributed by atoms with E-state index in [1.54, 1.807) is 7.11 Å². The van der Waals surface area contributed by atoms with Crippen LogP contribution in [-0.2, 0) is 37.0 Å². The van der Waals surface area contributed by atoms with Gasteiger partial charge < -0.3 is 30.0 Å². The third-order valence-corrected chi connectivity index (χ3v) is 9.84. The number of aliphatic hydroxyl groups is 1. The fraction of sp³-hybridized carbons (Fsp3) is 0.500. The van der Waals surface area contributed by atoms with Gasteiger partial charge in [0.25, 0.3) is 0 Å². The van der Waals surface area contributed by atoms with Gasteiger partial charge in [0.1, 0.15) is 0 Å². The van der Waals surface area contributed by atoms with Gasteiger partial charge in [-0.2, -0.15) is 0 Å². The predicted octanol–water partition coefficient (Wildman–Crippen LogP) is 6.06. The Labute approximate surface area is 291 Å². The van der Waals surface area contributed by atoms with E-state index < -0.39 is 6.29 Å². The average molecular weight is 672 g/mol. The van der Waals surface area contributed by atoms with Crippen LogP contribution in [0.2, 0.25) is 0 Å². The first-order valence-corrected chi connectivity index (χ1v) is 17.8. The van der Waals surface area contributed by atoms with Gasteiger partial charge in [0, 0.05) is 57.6 Å². The Kier molecular flexibility index (Phi) is 13.8. The van der Waals surface area contributed by atoms with Crippen molar-refractivity contribution in [1.82, 2.24) is 15.5 Å². The maximum absolute atomic E-state index is 12.6. The molecule has 0 radical (unpaired) electrons. The van der Waals surface area contributed by atoms with Crippen molar-refractivity contribution in [1.29, 1.82) is 0 Å². The van der Waals surface area contributed by atoms with Crippen LogP contribution in [-0.4, -0.2) is 67.3 Å². The molecule has 2 aliphatic rings. The van der Waals surface area contributed by atoms with Crippen LogP contribution < -0.4 is 10.6 Å². The summed E-state index contributed by atoms with van der Waals surface area (Å²) in [5.74, 6) is 0.123. The highest BCUT2D eigenvalue weighted by Crippen LogP contribution is 2.42. The highest BCUT2D eigenvalue weighted by molar-refractivity contribution is 5.76. The molecule has 3 aromatic carbocycles. The maximum Gasteiger partial charge on any atom is 0.220 e. The number of rotatable bonds is 16. The zero-order valence-electron chi connectivity index (χ0n) is 29.2. The topological polar surface area (TPSA) is 109 Å². The lowest BCUT2D eigenvalue weighted by Crippen LogP contribution is -2.46. The van der Waals surface area contributed by atoms with E-state index in [-0.39, 0.29) is 36.5 Å². The van der Waals surface area contributed by atoms with Crippen LogP contribution in [0.4, 0.5) is 0 Å². The molecule has 5 rings (SSSR count). The van der Waals surface area contributed by atoms with Crippen molar-refractivity contribution < 1.29 is 28.9 Å². The number of benzene rings is 3. The van der Waals surface area contributed by atoms with Crippen LogP contribution in [0.15, 0.2) is 72.8 Å². The number of carbonyl (C=O) groups is 2. The monoisotopic (exact) mass is 671 g/mol. The third kappa shape index (κ3) is 10.2. The van der Waals surface area contributed by atoms with E-state index in [4.69, 9.17) is 14.2 Å². The summed E-state index contributed by atoms with van der Waals surface area (Å²) < 4.78 is 19.0. The average Bonchev–Trinajstić information content (AvgIpc) is 3.56. The van der Waals surface area contributed by atoms with Crippen LogP contribution in [0, 0.1) is 5.92 Å². The van der Waals surface area contributed by atoms with Gasteiger partial charge in [0.15, 0.2) is 6.29 Å². The molecule has 0 spiro atoms. The van der Waals surface area contributed by atoms with Crippen molar-refractivity contribution in [3.8, 4) is 11.1 Å². The molecular formula is C40H53N3O6. The van der Waals surface area contributed by atoms with Crippen molar-refractivity contribution in [2.75, 3.05) is 33.4 Å². The number of carbonyl (C=O) groups excluding carboxylic acids is 2. The third-order valence-electron chi connectivity index (χ3n) is 9.84. The van der Waals surface area contributed by atoms with Crippen molar-refractivity contribution in [3.05, 3.63) is 95.1 Å². The molecule has 49 heavy (non-hydrogen) atoms. The first kappa shape index (κ1) is 36.7. The summed E-state index contributed by atoms with van der Waals surface area (Å²) in [7, 11) is 1.77. The summed E-state index contributed by atoms with van der Waals surface area (Å²) in [6, 6.07) is 25.0. The number of aliphatic hydroxyl groups excluding tert-OH is 1. The Morgan fingerprint density at radius 1 is 0.939 bits per heavy atom. The molecule has 5 atom stereocenters. The molecule has 9 nitrogen and oxygen atoms in total. The molecule has 3 aromatic rings. The van der Waals surface area contributed by atoms with Gasteiger partial charge in [-0.3, -0.25) is 14.5 Å². The van der Waals surface area contributed by atoms with E-state index in [1.807, 2.05) is 24.3 Å². The Bertz CT molecular complexity index is 1480. The Morgan fingerprint density at radius 2 is 1.69 bits per heavy atom. The quantitative estimate of drug-likeness (QED) is 0.159. The second kappa shape index (κ2) is 18.4. The molecule has 0 aromatic heterocycles. The molecule has 2 saturated heterocycles. The number of hydrogen-bond donors (Lipinski definition) is 3. The van der Waals surface area contributed by atoms with E-state index in [0.717, 1.165) is 85.2 Å². The van der Waals surface area contributed by atoms with Gasteiger partial charge in [-0.05, 0) is 60.0 Å². The number of amides is 2. The zero-order chi connectivity index (χ0) is 34.6. The lowest BCUT2D eigenvalue weighted by Gasteiger charge is -2.43. The lowest BCUT2D eigenvalue weighted by atomic mass is 9.89. The van der Waals surface area contributed by atoms with Crippen molar-refractivity contribution in [3.63, 3.8) is 0 Å². The number of likely N-dealkylation sites (tertiary alicyclic amines) is 1. The van der Waals surface area contributed by atoms with Crippen LogP contribution >= 0.6 is 0 Å². The van der Waals surface area contributed by atoms with Crippen LogP contribution in [0.1, 0.15) is 87.0 Å². The van der Waals surface area contributed by atoms with Crippen molar-refractivity contribution in [2.45, 2.75) is 90.1 Å². The van der Waals surface area contributed by atoms with E-state index >= 15 is 0 Å². The summed E-state index contributed by atoms with van der Waals surface area (Å²) in [6.07, 6.45) is 4.58. The molecule has 9 heteroatoms. The molecule has 0 saturated carbocycles. The second-order valence-electron chi connectivity index (χ2n) is 13.4. The molecule has 2 fully saturated rings. The van der Waals surface area contributed by atoms with Gasteiger partial charge in [0.2, 0.25) is 11.8 Å². The summed E-state index contributed by atoms with van der Waals surface area (Å²) in [4.78, 5) is 26.1. The molecule has 2 heterocycles. The highest BCUT2D eigenvalue weighted by Gasteiger charge is 2.40. The number of ether oxygens (including phenoxy) is 3. The standard InChI is InChI=1S/C40H53N3O6/c1-28-37(25-43-23-9-11-35(43)27-47-3)48-40(49-39(28)32-16-14-30(26-44)15-17-32)33-20-18-31(19-21-33)36-12-7-6-10-34(36)24-42-38(46)13-5-4-8-22-41-29(2)45/h6-7,10,12,14-21,28,35,37,39-40,44H,4-5,8-9,11,13,22-27H2,1-3H3,(H,41,45)(H,42,46)/t28-,35-,37+,39+,40+/m0/s1. The predicted molar refractivity (Wildman–Crippen MR) is 190 cm³/mol. The minimum Gasteiger partial charge on any atom is -0.392 e. The number of hydrogen-bond acceptors (Lipinski definition) is 7. The summed E-state index contributed by atoms with van der Waals surface area (Å²) in [5.41, 5.74) is 6.09. The van der Waals surface area contributed by atoms with Gasteiger partial charge in [-0.15, -0.1) is 0 Å². The molecule has 2 aliphatic heterocycles. The van der Waals surface area contributed by atoms with Gasteiger partial charge in [-0.1, -0.05) is 86.1 Å². The van der Waals surface area contributed by atoms with Gasteiger partial charge >= 0.3 is 0 Å². The first-order chi connectivity index (χ1) is 23.9. The van der Waals surface area contributed by atoms with Crippen LogP contribution in [0.5, 0.6) is 0 Å². The summed E-state index contributed by atoms with van der Waals surface area (Å²) >= 11 is 0. The number of unbranched alkanes of at least 4 members (excludes halogenated alkanes) is 2. The first-order valence-electron chi connectivity index (χ1n) is 17.8. The smallest absolute Gasteiger partial charge is 0.220 e. The molecule has 0 aliphatic carbocycles. The minimum atomic E-state index is -0.533. The molecule has 3 N–H and O–H groups in total. The largest absolute Gasteiger partial charge is 0.392 e. The van der Waals surface area contributed by atoms with E-state index in [9.17, 15) is 14.7 Å². The van der Waals surface area contributed by atoms with Gasteiger partial charge in [-0.25, -0.2) is 0 Å². The zero-order valence-corrected chi connectivity index (χ0v) is 29.2. The van der Waals surface area contributed by atoms with Crippen LogP contribution in [0.25, 0.3) is 11.1 Å². The normalized spacial score (nSPS) is 22.6. The number of methoxy groups -OCH3 is 1. The molecule has 2 amide bonds. The van der Waals surface area contributed by atoms with Gasteiger partial charge in [0.05, 0.1) is 25.4 Å². The minimum absolute atomic E-state index is 0.00946. The van der Waals surface area contributed by atoms with E-state index in [2.05, 4.69) is 71.0 Å². The summed E-state index contributed by atoms with van der Waals surface area (Å²) in [5, 5.41) is 15.5. The maximum atomic E-state index is 12.6. The lowest BCUT2D eigenvalue weighted by molar-refractivity contribution is -0.276. The fourth-order valence-electron chi connectivity index (χ4n) is 6.99. The molecular weight excluding hydrogens is 618 g/mol. The molecule has 0 bridgehead atoms. The number of nitrogens with one attached hydrogen (secondary N) is 2. The Hall–Kier alpha value is -3.60. The van der Waals surface area contributed by atoms with Crippen molar-refractivity contribution in [2.24, 2.45) is 5.92 Å². The Balaban J connectivity index is 1.26. The van der Waals surface area contributed by atoms with E-state index in [0.29, 0.717) is 25.6 Å². The highest BCUT2D eigenvalue weighted by atomic mass is 16.7. The van der Waals surface area contributed by atoms with Crippen LogP contribution in [0.3, 0.4) is 0 Å². The molecule has 0 unspecified atom stereocenters.